The number of rotatable bonds is 6. The molecule has 2 N–H and O–H groups in total. The molecule has 1 rings (SSSR count). The lowest BCUT2D eigenvalue weighted by atomic mass is 10.0. The summed E-state index contributed by atoms with van der Waals surface area (Å²) in [5, 5.41) is 11.7. The average Bonchev–Trinajstić information content (AvgIpc) is 2.94. The molecule has 1 atom stereocenters. The molecule has 0 aromatic heterocycles. The Morgan fingerprint density at radius 3 is 2.71 bits per heavy atom. The Hall–Kier alpha value is -0.280. The molecule has 0 heterocycles. The number of hydrogen-bond acceptors (Lipinski definition) is 2. The molecule has 0 aromatic rings. The van der Waals surface area contributed by atoms with Crippen LogP contribution in [-0.4, -0.2) is 30.0 Å². The number of alkyl halides is 1. The summed E-state index contributed by atoms with van der Waals surface area (Å²) in [5.74, 6) is 0.254. The Morgan fingerprint density at radius 2 is 2.29 bits per heavy atom. The van der Waals surface area contributed by atoms with Crippen LogP contribution in [0.5, 0.6) is 0 Å². The van der Waals surface area contributed by atoms with Gasteiger partial charge in [0.05, 0.1) is 0 Å². The number of aliphatic hydroxyl groups excluding tert-OH is 1. The van der Waals surface area contributed by atoms with E-state index in [-0.39, 0.29) is 23.8 Å². The van der Waals surface area contributed by atoms with Gasteiger partial charge in [-0.25, -0.2) is 0 Å². The summed E-state index contributed by atoms with van der Waals surface area (Å²) >= 11 is 5.57. The molecule has 1 fully saturated rings. The minimum Gasteiger partial charge on any atom is -0.396 e. The van der Waals surface area contributed by atoms with Crippen molar-refractivity contribution in [2.45, 2.75) is 26.2 Å². The van der Waals surface area contributed by atoms with E-state index in [1.165, 1.54) is 0 Å². The van der Waals surface area contributed by atoms with Gasteiger partial charge in [0.15, 0.2) is 0 Å². The monoisotopic (exact) mass is 219 g/mol. The summed E-state index contributed by atoms with van der Waals surface area (Å²) in [6.45, 7) is 2.71. The Bertz CT molecular complexity index is 204. The van der Waals surface area contributed by atoms with Gasteiger partial charge in [0.25, 0.3) is 0 Å². The first-order chi connectivity index (χ1) is 6.63. The molecule has 0 spiro atoms. The minimum atomic E-state index is -0.124. The largest absolute Gasteiger partial charge is 0.396 e. The highest BCUT2D eigenvalue weighted by molar-refractivity contribution is 6.19. The van der Waals surface area contributed by atoms with Gasteiger partial charge in [-0.1, -0.05) is 6.92 Å². The van der Waals surface area contributed by atoms with Crippen molar-refractivity contribution in [3.63, 3.8) is 0 Å². The van der Waals surface area contributed by atoms with Crippen molar-refractivity contribution in [1.82, 2.24) is 5.32 Å². The third-order valence-corrected chi connectivity index (χ3v) is 3.38. The summed E-state index contributed by atoms with van der Waals surface area (Å²) in [4.78, 5) is 11.4. The van der Waals surface area contributed by atoms with Crippen LogP contribution in [0.3, 0.4) is 0 Å². The topological polar surface area (TPSA) is 49.3 Å². The van der Waals surface area contributed by atoms with Crippen molar-refractivity contribution >= 4 is 17.5 Å². The number of nitrogens with one attached hydrogen (secondary N) is 1. The second-order valence-corrected chi connectivity index (χ2v) is 4.56. The third kappa shape index (κ3) is 3.14. The highest BCUT2D eigenvalue weighted by Gasteiger charge is 2.41. The molecule has 0 aliphatic heterocycles. The lowest BCUT2D eigenvalue weighted by molar-refractivity contribution is -0.124. The maximum Gasteiger partial charge on any atom is 0.224 e. The lowest BCUT2D eigenvalue weighted by Gasteiger charge is -2.16. The second kappa shape index (κ2) is 4.99. The zero-order valence-corrected chi connectivity index (χ0v) is 9.31. The molecule has 3 nitrogen and oxygen atoms in total. The van der Waals surface area contributed by atoms with Crippen molar-refractivity contribution in [3.05, 3.63) is 0 Å². The van der Waals surface area contributed by atoms with Gasteiger partial charge in [-0.05, 0) is 24.7 Å². The standard InChI is InChI=1S/C10H18ClNO2/c1-8(6-11)9(14)12-7-10(2-3-10)4-5-13/h8,13H,2-7H2,1H3,(H,12,14). The Labute approximate surface area is 89.8 Å². The first kappa shape index (κ1) is 11.8. The molecule has 0 aromatic carbocycles. The zero-order valence-electron chi connectivity index (χ0n) is 8.55. The number of aliphatic hydroxyl groups is 1. The van der Waals surface area contributed by atoms with Gasteiger partial charge in [-0.15, -0.1) is 11.6 Å². The first-order valence-corrected chi connectivity index (χ1v) is 5.61. The van der Waals surface area contributed by atoms with Crippen molar-refractivity contribution in [2.24, 2.45) is 11.3 Å². The van der Waals surface area contributed by atoms with Crippen LogP contribution in [0.25, 0.3) is 0 Å². The summed E-state index contributed by atoms with van der Waals surface area (Å²) < 4.78 is 0. The molecule has 0 saturated heterocycles. The smallest absolute Gasteiger partial charge is 0.224 e. The molecule has 0 radical (unpaired) electrons. The van der Waals surface area contributed by atoms with E-state index in [0.717, 1.165) is 19.3 Å². The number of hydrogen-bond donors (Lipinski definition) is 2. The van der Waals surface area contributed by atoms with Crippen LogP contribution in [0.4, 0.5) is 0 Å². The fourth-order valence-electron chi connectivity index (χ4n) is 1.45. The lowest BCUT2D eigenvalue weighted by Crippen LogP contribution is -2.35. The SMILES string of the molecule is CC(CCl)C(=O)NCC1(CCO)CC1. The second-order valence-electron chi connectivity index (χ2n) is 4.25. The fraction of sp³-hybridized carbons (Fsp3) is 0.900. The zero-order chi connectivity index (χ0) is 10.6. The van der Waals surface area contributed by atoms with Crippen LogP contribution >= 0.6 is 11.6 Å². The molecule has 1 aliphatic rings. The van der Waals surface area contributed by atoms with Gasteiger partial charge in [-0.3, -0.25) is 4.79 Å². The van der Waals surface area contributed by atoms with Gasteiger partial charge in [-0.2, -0.15) is 0 Å². The van der Waals surface area contributed by atoms with Crippen molar-refractivity contribution in [2.75, 3.05) is 19.0 Å². The molecule has 0 bridgehead atoms. The molecular weight excluding hydrogens is 202 g/mol. The summed E-state index contributed by atoms with van der Waals surface area (Å²) in [6.07, 6.45) is 3.02. The molecular formula is C10H18ClNO2. The van der Waals surface area contributed by atoms with E-state index in [2.05, 4.69) is 5.32 Å². The van der Waals surface area contributed by atoms with E-state index in [4.69, 9.17) is 16.7 Å². The molecule has 1 amide bonds. The molecule has 1 aliphatic carbocycles. The van der Waals surface area contributed by atoms with E-state index in [1.54, 1.807) is 0 Å². The van der Waals surface area contributed by atoms with Gasteiger partial charge >= 0.3 is 0 Å². The normalized spacial score (nSPS) is 20.2. The number of halogens is 1. The van der Waals surface area contributed by atoms with Gasteiger partial charge in [0, 0.05) is 24.9 Å². The van der Waals surface area contributed by atoms with Crippen molar-refractivity contribution < 1.29 is 9.90 Å². The van der Waals surface area contributed by atoms with Crippen molar-refractivity contribution in [3.8, 4) is 0 Å². The molecule has 1 unspecified atom stereocenters. The predicted octanol–water partition coefficient (Wildman–Crippen LogP) is 1.14. The fourth-order valence-corrected chi connectivity index (χ4v) is 1.59. The van der Waals surface area contributed by atoms with Crippen LogP contribution in [0, 0.1) is 11.3 Å². The van der Waals surface area contributed by atoms with Crippen molar-refractivity contribution in [1.29, 1.82) is 0 Å². The van der Waals surface area contributed by atoms with Crippen LogP contribution in [0.2, 0.25) is 0 Å². The van der Waals surface area contributed by atoms with E-state index in [9.17, 15) is 4.79 Å². The summed E-state index contributed by atoms with van der Waals surface area (Å²) in [7, 11) is 0. The summed E-state index contributed by atoms with van der Waals surface area (Å²) in [5.41, 5.74) is 0.191. The molecule has 4 heteroatoms. The van der Waals surface area contributed by atoms with Gasteiger partial charge < -0.3 is 10.4 Å². The van der Waals surface area contributed by atoms with Crippen LogP contribution in [-0.2, 0) is 4.79 Å². The number of carbonyl (C=O) groups is 1. The molecule has 14 heavy (non-hydrogen) atoms. The van der Waals surface area contributed by atoms with Gasteiger partial charge in [0.2, 0.25) is 5.91 Å². The highest BCUT2D eigenvalue weighted by Crippen LogP contribution is 2.47. The van der Waals surface area contributed by atoms with Crippen LogP contribution < -0.4 is 5.32 Å². The number of amides is 1. The quantitative estimate of drug-likeness (QED) is 0.659. The van der Waals surface area contributed by atoms with Crippen LogP contribution in [0.15, 0.2) is 0 Å². The Balaban J connectivity index is 2.23. The molecule has 1 saturated carbocycles. The number of carbonyl (C=O) groups excluding carboxylic acids is 1. The first-order valence-electron chi connectivity index (χ1n) is 5.08. The summed E-state index contributed by atoms with van der Waals surface area (Å²) in [6, 6.07) is 0. The Kier molecular flexibility index (Phi) is 4.20. The maximum atomic E-state index is 11.4. The minimum absolute atomic E-state index is 0.0178. The van der Waals surface area contributed by atoms with Gasteiger partial charge in [0.1, 0.15) is 0 Å². The van der Waals surface area contributed by atoms with E-state index in [1.807, 2.05) is 6.92 Å². The highest BCUT2D eigenvalue weighted by atomic mass is 35.5. The van der Waals surface area contributed by atoms with E-state index >= 15 is 0 Å². The maximum absolute atomic E-state index is 11.4. The van der Waals surface area contributed by atoms with E-state index in [0.29, 0.717) is 12.4 Å². The van der Waals surface area contributed by atoms with E-state index < -0.39 is 0 Å². The average molecular weight is 220 g/mol. The third-order valence-electron chi connectivity index (χ3n) is 2.92. The predicted molar refractivity (Wildman–Crippen MR) is 56.3 cm³/mol. The van der Waals surface area contributed by atoms with Crippen LogP contribution in [0.1, 0.15) is 26.2 Å². The molecule has 82 valence electrons. The Morgan fingerprint density at radius 1 is 1.64 bits per heavy atom.